The molecule has 0 aliphatic rings. The van der Waals surface area contributed by atoms with Gasteiger partial charge in [-0.3, -0.25) is 14.9 Å². The first-order valence-electron chi connectivity index (χ1n) is 7.35. The topological polar surface area (TPSA) is 61.9 Å². The van der Waals surface area contributed by atoms with Crippen molar-refractivity contribution < 1.29 is 4.79 Å². The first-order valence-corrected chi connectivity index (χ1v) is 7.35. The molecule has 0 spiro atoms. The molecule has 0 bridgehead atoms. The van der Waals surface area contributed by atoms with E-state index in [0.29, 0.717) is 6.42 Å². The fourth-order valence-electron chi connectivity index (χ4n) is 2.51. The van der Waals surface area contributed by atoms with Crippen molar-refractivity contribution >= 4 is 5.91 Å². The molecular formula is C16H22N4O. The second-order valence-electron chi connectivity index (χ2n) is 5.18. The average molecular weight is 286 g/mol. The number of carbonyl (C=O) groups is 1. The van der Waals surface area contributed by atoms with Crippen LogP contribution in [0.3, 0.4) is 0 Å². The predicted octanol–water partition coefficient (Wildman–Crippen LogP) is 2.74. The van der Waals surface area contributed by atoms with Crippen LogP contribution in [0.5, 0.6) is 0 Å². The van der Waals surface area contributed by atoms with Crippen molar-refractivity contribution in [2.45, 2.75) is 38.6 Å². The molecular weight excluding hydrogens is 264 g/mol. The molecule has 112 valence electrons. The van der Waals surface area contributed by atoms with Gasteiger partial charge in [0.1, 0.15) is 0 Å². The van der Waals surface area contributed by atoms with Crippen molar-refractivity contribution in [3.63, 3.8) is 0 Å². The summed E-state index contributed by atoms with van der Waals surface area (Å²) in [5.41, 5.74) is 2.23. The zero-order valence-electron chi connectivity index (χ0n) is 12.6. The third-order valence-electron chi connectivity index (χ3n) is 3.73. The van der Waals surface area contributed by atoms with E-state index in [0.717, 1.165) is 30.4 Å². The summed E-state index contributed by atoms with van der Waals surface area (Å²) >= 11 is 0. The number of nitrogens with one attached hydrogen (secondary N) is 1. The van der Waals surface area contributed by atoms with Gasteiger partial charge in [-0.05, 0) is 36.5 Å². The van der Waals surface area contributed by atoms with Crippen LogP contribution in [-0.2, 0) is 11.2 Å². The van der Waals surface area contributed by atoms with Crippen molar-refractivity contribution in [3.05, 3.63) is 48.0 Å². The summed E-state index contributed by atoms with van der Waals surface area (Å²) in [6, 6.07) is 4.03. The number of carbonyl (C=O) groups excluding carboxylic acids is 1. The highest BCUT2D eigenvalue weighted by molar-refractivity contribution is 5.76. The van der Waals surface area contributed by atoms with E-state index in [-0.39, 0.29) is 11.9 Å². The number of aryl methyl sites for hydroxylation is 1. The Morgan fingerprint density at radius 1 is 1.43 bits per heavy atom. The molecule has 2 aromatic heterocycles. The molecule has 21 heavy (non-hydrogen) atoms. The van der Waals surface area contributed by atoms with E-state index < -0.39 is 0 Å². The Bertz CT molecular complexity index is 539. The maximum absolute atomic E-state index is 12.3. The van der Waals surface area contributed by atoms with Gasteiger partial charge in [0.05, 0.1) is 12.2 Å². The Kier molecular flexibility index (Phi) is 5.49. The summed E-state index contributed by atoms with van der Waals surface area (Å²) in [6.45, 7) is 2.09. The van der Waals surface area contributed by atoms with Gasteiger partial charge in [-0.1, -0.05) is 13.0 Å². The molecule has 2 aromatic rings. The number of hydrogen-bond acceptors (Lipinski definition) is 3. The van der Waals surface area contributed by atoms with Crippen molar-refractivity contribution in [1.82, 2.24) is 20.1 Å². The summed E-state index contributed by atoms with van der Waals surface area (Å²) in [6.07, 6.45) is 10.4. The van der Waals surface area contributed by atoms with E-state index in [1.165, 1.54) is 0 Å². The maximum atomic E-state index is 12.3. The molecule has 1 unspecified atom stereocenters. The van der Waals surface area contributed by atoms with Gasteiger partial charge >= 0.3 is 0 Å². The number of rotatable bonds is 7. The second-order valence-corrected chi connectivity index (χ2v) is 5.18. The van der Waals surface area contributed by atoms with Gasteiger partial charge in [-0.2, -0.15) is 5.10 Å². The Morgan fingerprint density at radius 3 is 2.90 bits per heavy atom. The van der Waals surface area contributed by atoms with Crippen LogP contribution in [-0.4, -0.2) is 33.0 Å². The van der Waals surface area contributed by atoms with Crippen LogP contribution in [0.1, 0.15) is 43.4 Å². The minimum Gasteiger partial charge on any atom is -0.339 e. The number of aromatic amines is 1. The highest BCUT2D eigenvalue weighted by atomic mass is 16.2. The molecule has 5 heteroatoms. The van der Waals surface area contributed by atoms with Gasteiger partial charge in [-0.15, -0.1) is 0 Å². The molecule has 1 amide bonds. The SMILES string of the molecule is CCC(c1cccnc1)N(C)C(=O)CCCc1cn[nH]c1. The summed E-state index contributed by atoms with van der Waals surface area (Å²) in [4.78, 5) is 18.3. The molecule has 2 rings (SSSR count). The van der Waals surface area contributed by atoms with Crippen molar-refractivity contribution in [3.8, 4) is 0 Å². The van der Waals surface area contributed by atoms with Gasteiger partial charge in [0.15, 0.2) is 0 Å². The van der Waals surface area contributed by atoms with Gasteiger partial charge in [0.2, 0.25) is 5.91 Å². The van der Waals surface area contributed by atoms with Gasteiger partial charge in [0, 0.05) is 32.1 Å². The molecule has 0 aliphatic carbocycles. The van der Waals surface area contributed by atoms with Crippen LogP contribution in [0.25, 0.3) is 0 Å². The van der Waals surface area contributed by atoms with Crippen LogP contribution < -0.4 is 0 Å². The highest BCUT2D eigenvalue weighted by Gasteiger charge is 2.19. The third kappa shape index (κ3) is 4.15. The van der Waals surface area contributed by atoms with E-state index in [9.17, 15) is 4.79 Å². The Labute approximate surface area is 125 Å². The van der Waals surface area contributed by atoms with Crippen molar-refractivity contribution in [2.75, 3.05) is 7.05 Å². The minimum atomic E-state index is 0.0973. The number of pyridine rings is 1. The Balaban J connectivity index is 1.88. The average Bonchev–Trinajstić information content (AvgIpc) is 3.02. The predicted molar refractivity (Wildman–Crippen MR) is 81.6 cm³/mol. The first-order chi connectivity index (χ1) is 10.2. The van der Waals surface area contributed by atoms with E-state index in [4.69, 9.17) is 0 Å². The highest BCUT2D eigenvalue weighted by Crippen LogP contribution is 2.22. The normalized spacial score (nSPS) is 12.1. The smallest absolute Gasteiger partial charge is 0.222 e. The zero-order chi connectivity index (χ0) is 15.1. The van der Waals surface area contributed by atoms with Crippen LogP contribution >= 0.6 is 0 Å². The molecule has 0 saturated heterocycles. The van der Waals surface area contributed by atoms with Gasteiger partial charge < -0.3 is 4.90 Å². The molecule has 0 aromatic carbocycles. The lowest BCUT2D eigenvalue weighted by Crippen LogP contribution is -2.30. The van der Waals surface area contributed by atoms with Crippen molar-refractivity contribution in [2.24, 2.45) is 0 Å². The molecule has 1 atom stereocenters. The lowest BCUT2D eigenvalue weighted by molar-refractivity contribution is -0.132. The Hall–Kier alpha value is -2.17. The van der Waals surface area contributed by atoms with E-state index in [1.807, 2.05) is 36.5 Å². The number of H-pyrrole nitrogens is 1. The quantitative estimate of drug-likeness (QED) is 0.851. The zero-order valence-corrected chi connectivity index (χ0v) is 12.6. The second kappa shape index (κ2) is 7.57. The first kappa shape index (κ1) is 15.2. The lowest BCUT2D eigenvalue weighted by Gasteiger charge is -2.27. The lowest BCUT2D eigenvalue weighted by atomic mass is 10.0. The number of hydrogen-bond donors (Lipinski definition) is 1. The summed E-state index contributed by atoms with van der Waals surface area (Å²) in [5, 5.41) is 6.70. The molecule has 0 fully saturated rings. The van der Waals surface area contributed by atoms with E-state index in [1.54, 1.807) is 12.4 Å². The maximum Gasteiger partial charge on any atom is 0.222 e. The van der Waals surface area contributed by atoms with Gasteiger partial charge in [0.25, 0.3) is 0 Å². The standard InChI is InChI=1S/C16H22N4O/c1-3-15(14-7-5-9-17-12-14)20(2)16(21)8-4-6-13-10-18-19-11-13/h5,7,9-12,15H,3-4,6,8H2,1-2H3,(H,18,19). The summed E-state index contributed by atoms with van der Waals surface area (Å²) in [7, 11) is 1.88. The monoisotopic (exact) mass is 286 g/mol. The van der Waals surface area contributed by atoms with Crippen LogP contribution in [0.4, 0.5) is 0 Å². The van der Waals surface area contributed by atoms with Crippen molar-refractivity contribution in [1.29, 1.82) is 0 Å². The molecule has 0 aliphatic heterocycles. The Morgan fingerprint density at radius 2 is 2.29 bits per heavy atom. The third-order valence-corrected chi connectivity index (χ3v) is 3.73. The molecule has 5 nitrogen and oxygen atoms in total. The fraction of sp³-hybridized carbons (Fsp3) is 0.438. The van der Waals surface area contributed by atoms with E-state index >= 15 is 0 Å². The summed E-state index contributed by atoms with van der Waals surface area (Å²) < 4.78 is 0. The van der Waals surface area contributed by atoms with Crippen LogP contribution in [0.2, 0.25) is 0 Å². The van der Waals surface area contributed by atoms with Gasteiger partial charge in [-0.25, -0.2) is 0 Å². The largest absolute Gasteiger partial charge is 0.339 e. The molecule has 1 N–H and O–H groups in total. The minimum absolute atomic E-state index is 0.0973. The molecule has 0 radical (unpaired) electrons. The molecule has 2 heterocycles. The number of aromatic nitrogens is 3. The fourth-order valence-corrected chi connectivity index (χ4v) is 2.51. The number of nitrogens with zero attached hydrogens (tertiary/aromatic N) is 3. The summed E-state index contributed by atoms with van der Waals surface area (Å²) in [5.74, 6) is 0.175. The van der Waals surface area contributed by atoms with E-state index in [2.05, 4.69) is 22.1 Å². The number of amides is 1. The van der Waals surface area contributed by atoms with Crippen LogP contribution in [0, 0.1) is 0 Å². The molecule has 0 saturated carbocycles. The van der Waals surface area contributed by atoms with Crippen LogP contribution in [0.15, 0.2) is 36.9 Å².